The Morgan fingerprint density at radius 3 is 2.62 bits per heavy atom. The van der Waals surface area contributed by atoms with E-state index in [1.807, 2.05) is 0 Å². The van der Waals surface area contributed by atoms with E-state index < -0.39 is 12.0 Å². The Morgan fingerprint density at radius 2 is 2.05 bits per heavy atom. The van der Waals surface area contributed by atoms with E-state index in [1.165, 1.54) is 19.3 Å². The number of hydrogen-bond acceptors (Lipinski definition) is 3. The average Bonchev–Trinajstić information content (AvgIpc) is 3.04. The van der Waals surface area contributed by atoms with Gasteiger partial charge in [-0.3, -0.25) is 4.90 Å². The van der Waals surface area contributed by atoms with Gasteiger partial charge >= 0.3 is 12.0 Å². The van der Waals surface area contributed by atoms with E-state index in [4.69, 9.17) is 0 Å². The first kappa shape index (κ1) is 15.0. The molecule has 6 heteroatoms. The highest BCUT2D eigenvalue weighted by Gasteiger charge is 2.48. The quantitative estimate of drug-likeness (QED) is 0.836. The van der Waals surface area contributed by atoms with Gasteiger partial charge < -0.3 is 10.4 Å². The summed E-state index contributed by atoms with van der Waals surface area (Å²) < 4.78 is 0. The number of rotatable bonds is 4. The number of aliphatic carboxylic acids is 1. The Kier molecular flexibility index (Phi) is 4.33. The lowest BCUT2D eigenvalue weighted by Crippen LogP contribution is -2.51. The zero-order valence-electron chi connectivity index (χ0n) is 12.5. The Morgan fingerprint density at radius 1 is 1.29 bits per heavy atom. The molecule has 3 rings (SSSR count). The van der Waals surface area contributed by atoms with Crippen molar-refractivity contribution in [3.63, 3.8) is 0 Å². The summed E-state index contributed by atoms with van der Waals surface area (Å²) in [6, 6.07) is -0.841. The van der Waals surface area contributed by atoms with Crippen LogP contribution in [0.4, 0.5) is 4.79 Å². The van der Waals surface area contributed by atoms with Crippen LogP contribution in [0.15, 0.2) is 0 Å². The minimum atomic E-state index is -0.879. The molecule has 1 heterocycles. The molecule has 1 saturated heterocycles. The summed E-state index contributed by atoms with van der Waals surface area (Å²) in [7, 11) is 0. The number of hydrogen-bond donors (Lipinski definition) is 2. The minimum Gasteiger partial charge on any atom is -0.480 e. The minimum absolute atomic E-state index is 0.0635. The fraction of sp³-hybridized carbons (Fsp3) is 0.867. The van der Waals surface area contributed by atoms with Gasteiger partial charge in [0.1, 0.15) is 6.04 Å². The van der Waals surface area contributed by atoms with Crippen molar-refractivity contribution in [2.45, 2.75) is 50.4 Å². The van der Waals surface area contributed by atoms with Crippen molar-refractivity contribution in [3.05, 3.63) is 0 Å². The molecule has 3 fully saturated rings. The van der Waals surface area contributed by atoms with Crippen LogP contribution >= 0.6 is 11.8 Å². The van der Waals surface area contributed by atoms with Crippen LogP contribution in [0.5, 0.6) is 0 Å². The van der Waals surface area contributed by atoms with Crippen LogP contribution in [0.1, 0.15) is 39.0 Å². The lowest BCUT2D eigenvalue weighted by Gasteiger charge is -2.28. The second kappa shape index (κ2) is 6.07. The van der Waals surface area contributed by atoms with Crippen LogP contribution in [0, 0.1) is 17.8 Å². The Labute approximate surface area is 129 Å². The molecule has 0 radical (unpaired) electrons. The van der Waals surface area contributed by atoms with Crippen molar-refractivity contribution >= 4 is 23.8 Å². The first-order valence-corrected chi connectivity index (χ1v) is 9.01. The van der Waals surface area contributed by atoms with Crippen LogP contribution in [-0.2, 0) is 4.79 Å². The molecule has 2 amide bonds. The lowest BCUT2D eigenvalue weighted by molar-refractivity contribution is -0.141. The van der Waals surface area contributed by atoms with Gasteiger partial charge in [-0.15, -0.1) is 11.8 Å². The number of carbonyl (C=O) groups excluding carboxylic acids is 1. The molecule has 1 aliphatic heterocycles. The average molecular weight is 312 g/mol. The molecule has 0 aromatic rings. The summed E-state index contributed by atoms with van der Waals surface area (Å²) in [6.07, 6.45) is 5.82. The molecule has 21 heavy (non-hydrogen) atoms. The molecule has 5 nitrogen and oxygen atoms in total. The maximum atomic E-state index is 12.5. The molecule has 0 bridgehead atoms. The molecule has 2 aliphatic carbocycles. The smallest absolute Gasteiger partial charge is 0.327 e. The number of nitrogens with zero attached hydrogens (tertiary/aromatic N) is 1. The highest BCUT2D eigenvalue weighted by atomic mass is 32.2. The topological polar surface area (TPSA) is 69.6 Å². The highest BCUT2D eigenvalue weighted by Crippen LogP contribution is 2.45. The van der Waals surface area contributed by atoms with E-state index in [2.05, 4.69) is 12.2 Å². The molecule has 4 atom stereocenters. The summed E-state index contributed by atoms with van der Waals surface area (Å²) in [5.41, 5.74) is 0. The molecule has 2 saturated carbocycles. The van der Waals surface area contributed by atoms with Gasteiger partial charge in [-0.05, 0) is 43.4 Å². The Balaban J connectivity index is 1.58. The molecule has 0 spiro atoms. The van der Waals surface area contributed by atoms with Crippen molar-refractivity contribution in [2.24, 2.45) is 17.8 Å². The maximum Gasteiger partial charge on any atom is 0.327 e. The first-order valence-electron chi connectivity index (χ1n) is 7.97. The number of carbonyl (C=O) groups is 2. The number of carboxylic acid groups (broad SMARTS) is 1. The number of carboxylic acids is 1. The summed E-state index contributed by atoms with van der Waals surface area (Å²) in [5.74, 6) is 1.44. The molecule has 3 aliphatic rings. The van der Waals surface area contributed by atoms with Gasteiger partial charge in [0, 0.05) is 12.3 Å². The van der Waals surface area contributed by atoms with E-state index in [9.17, 15) is 14.7 Å². The van der Waals surface area contributed by atoms with E-state index in [1.54, 1.807) is 16.7 Å². The Bertz CT molecular complexity index is 427. The van der Waals surface area contributed by atoms with Crippen LogP contribution in [0.2, 0.25) is 0 Å². The van der Waals surface area contributed by atoms with E-state index >= 15 is 0 Å². The molecule has 2 N–H and O–H groups in total. The van der Waals surface area contributed by atoms with E-state index in [0.717, 1.165) is 18.8 Å². The van der Waals surface area contributed by atoms with Crippen molar-refractivity contribution in [2.75, 3.05) is 12.3 Å². The summed E-state index contributed by atoms with van der Waals surface area (Å²) in [6.45, 7) is 2.94. The van der Waals surface area contributed by atoms with Crippen LogP contribution < -0.4 is 5.32 Å². The lowest BCUT2D eigenvalue weighted by atomic mass is 10.1. The summed E-state index contributed by atoms with van der Waals surface area (Å²) >= 11 is 1.63. The fourth-order valence-electron chi connectivity index (χ4n) is 3.55. The molecule has 4 unspecified atom stereocenters. The molecule has 118 valence electrons. The molecule has 0 aromatic heterocycles. The van der Waals surface area contributed by atoms with Crippen LogP contribution in [-0.4, -0.2) is 45.7 Å². The van der Waals surface area contributed by atoms with Crippen molar-refractivity contribution < 1.29 is 14.7 Å². The first-order chi connectivity index (χ1) is 10.1. The van der Waals surface area contributed by atoms with Gasteiger partial charge in [-0.25, -0.2) is 9.59 Å². The fourth-order valence-corrected chi connectivity index (χ4v) is 5.18. The van der Waals surface area contributed by atoms with Gasteiger partial charge in [0.2, 0.25) is 0 Å². The van der Waals surface area contributed by atoms with Gasteiger partial charge in [-0.1, -0.05) is 13.3 Å². The number of urea groups is 1. The second-order valence-electron chi connectivity index (χ2n) is 6.79. The Hall–Kier alpha value is -0.910. The van der Waals surface area contributed by atoms with Gasteiger partial charge in [0.25, 0.3) is 0 Å². The largest absolute Gasteiger partial charge is 0.480 e. The highest BCUT2D eigenvalue weighted by molar-refractivity contribution is 8.00. The number of amides is 2. The predicted molar refractivity (Wildman–Crippen MR) is 82.1 cm³/mol. The molecule has 0 aromatic carbocycles. The second-order valence-corrected chi connectivity index (χ2v) is 7.94. The SMILES string of the molecule is CC1CCC(CNC(=O)N2C(C(=O)O)CSC2C2CC2)C1. The van der Waals surface area contributed by atoms with Gasteiger partial charge in [-0.2, -0.15) is 0 Å². The number of thioether (sulfide) groups is 1. The zero-order chi connectivity index (χ0) is 15.0. The third-order valence-corrected chi connectivity index (χ3v) is 6.39. The van der Waals surface area contributed by atoms with Crippen molar-refractivity contribution in [1.29, 1.82) is 0 Å². The third kappa shape index (κ3) is 3.30. The van der Waals surface area contributed by atoms with E-state index in [-0.39, 0.29) is 11.4 Å². The normalized spacial score (nSPS) is 36.0. The standard InChI is InChI=1S/C15H24N2O3S/c1-9-2-3-10(6-9)7-16-15(20)17-12(14(18)19)8-21-13(17)11-4-5-11/h9-13H,2-8H2,1H3,(H,16,20)(H,18,19). The zero-order valence-corrected chi connectivity index (χ0v) is 13.3. The van der Waals surface area contributed by atoms with Gasteiger partial charge in [0.15, 0.2) is 0 Å². The van der Waals surface area contributed by atoms with Crippen LogP contribution in [0.3, 0.4) is 0 Å². The maximum absolute atomic E-state index is 12.5. The summed E-state index contributed by atoms with van der Waals surface area (Å²) in [5, 5.41) is 12.4. The predicted octanol–water partition coefficient (Wildman–Crippen LogP) is 2.37. The van der Waals surface area contributed by atoms with Crippen LogP contribution in [0.25, 0.3) is 0 Å². The van der Waals surface area contributed by atoms with Gasteiger partial charge in [0.05, 0.1) is 5.37 Å². The van der Waals surface area contributed by atoms with Crippen molar-refractivity contribution in [3.8, 4) is 0 Å². The third-order valence-electron chi connectivity index (χ3n) is 4.93. The summed E-state index contributed by atoms with van der Waals surface area (Å²) in [4.78, 5) is 25.5. The van der Waals surface area contributed by atoms with E-state index in [0.29, 0.717) is 24.1 Å². The number of nitrogens with one attached hydrogen (secondary N) is 1. The van der Waals surface area contributed by atoms with Crippen molar-refractivity contribution in [1.82, 2.24) is 10.2 Å². The molecular weight excluding hydrogens is 288 g/mol. The monoisotopic (exact) mass is 312 g/mol. The molecular formula is C15H24N2O3S.